The van der Waals surface area contributed by atoms with E-state index in [1.54, 1.807) is 24.3 Å². The summed E-state index contributed by atoms with van der Waals surface area (Å²) in [5.41, 5.74) is 1.05. The minimum Gasteiger partial charge on any atom is -0.305 e. The highest BCUT2D eigenvalue weighted by molar-refractivity contribution is 7.89. The van der Waals surface area contributed by atoms with Gasteiger partial charge >= 0.3 is 0 Å². The number of aryl methyl sites for hydroxylation is 1. The molecule has 0 bridgehead atoms. The summed E-state index contributed by atoms with van der Waals surface area (Å²) >= 11 is 0. The van der Waals surface area contributed by atoms with E-state index in [1.807, 2.05) is 14.0 Å². The summed E-state index contributed by atoms with van der Waals surface area (Å²) in [6.07, 6.45) is 1.07. The van der Waals surface area contributed by atoms with Crippen molar-refractivity contribution in [2.24, 2.45) is 0 Å². The Kier molecular flexibility index (Phi) is 5.78. The highest BCUT2D eigenvalue weighted by Crippen LogP contribution is 2.09. The first-order valence-corrected chi connectivity index (χ1v) is 7.69. The van der Waals surface area contributed by atoms with Crippen LogP contribution in [0.2, 0.25) is 0 Å². The minimum atomic E-state index is -3.36. The summed E-state index contributed by atoms with van der Waals surface area (Å²) in [5.74, 6) is 0. The van der Waals surface area contributed by atoms with Gasteiger partial charge in [0.1, 0.15) is 0 Å². The lowest BCUT2D eigenvalue weighted by molar-refractivity contribution is 0.340. The van der Waals surface area contributed by atoms with E-state index in [2.05, 4.69) is 16.5 Å². The van der Waals surface area contributed by atoms with Gasteiger partial charge in [-0.05, 0) is 39.1 Å². The van der Waals surface area contributed by atoms with E-state index in [1.165, 1.54) is 0 Å². The second-order valence-electron chi connectivity index (χ2n) is 4.51. The van der Waals surface area contributed by atoms with Crippen LogP contribution in [-0.4, -0.2) is 40.0 Å². The van der Waals surface area contributed by atoms with E-state index in [0.29, 0.717) is 11.4 Å². The van der Waals surface area contributed by atoms with Gasteiger partial charge in [-0.2, -0.15) is 0 Å². The van der Waals surface area contributed by atoms with Crippen LogP contribution in [0.5, 0.6) is 0 Å². The van der Waals surface area contributed by atoms with E-state index in [-0.39, 0.29) is 0 Å². The van der Waals surface area contributed by atoms with E-state index < -0.39 is 10.0 Å². The maximum atomic E-state index is 12.0. The standard InChI is InChI=1S/C13H22N2O2S/c1-4-10-15(3)11-9-14-18(16,17)13-7-5-12(2)6-8-13/h5-8,14H,4,9-11H2,1-3H3. The molecule has 0 atom stereocenters. The Hall–Kier alpha value is -0.910. The fourth-order valence-corrected chi connectivity index (χ4v) is 2.69. The molecule has 0 aliphatic heterocycles. The molecule has 0 unspecified atom stereocenters. The van der Waals surface area contributed by atoms with Crippen LogP contribution >= 0.6 is 0 Å². The first-order valence-electron chi connectivity index (χ1n) is 6.20. The molecule has 0 saturated carbocycles. The lowest BCUT2D eigenvalue weighted by Crippen LogP contribution is -2.33. The number of nitrogens with zero attached hydrogens (tertiary/aromatic N) is 1. The Labute approximate surface area is 110 Å². The van der Waals surface area contributed by atoms with Crippen LogP contribution in [0.15, 0.2) is 29.2 Å². The Morgan fingerprint density at radius 3 is 2.33 bits per heavy atom. The average molecular weight is 270 g/mol. The lowest BCUT2D eigenvalue weighted by atomic mass is 10.2. The fourth-order valence-electron chi connectivity index (χ4n) is 1.67. The van der Waals surface area contributed by atoms with Crippen molar-refractivity contribution in [1.82, 2.24) is 9.62 Å². The van der Waals surface area contributed by atoms with Gasteiger partial charge in [0.25, 0.3) is 0 Å². The minimum absolute atomic E-state index is 0.325. The molecule has 1 N–H and O–H groups in total. The van der Waals surface area contributed by atoms with Gasteiger partial charge in [-0.25, -0.2) is 13.1 Å². The van der Waals surface area contributed by atoms with Crippen molar-refractivity contribution in [3.63, 3.8) is 0 Å². The van der Waals surface area contributed by atoms with Crippen molar-refractivity contribution in [1.29, 1.82) is 0 Å². The summed E-state index contributed by atoms with van der Waals surface area (Å²) in [6.45, 7) is 6.18. The normalized spacial score (nSPS) is 12.0. The van der Waals surface area contributed by atoms with Crippen LogP contribution in [0.1, 0.15) is 18.9 Å². The Morgan fingerprint density at radius 1 is 1.17 bits per heavy atom. The van der Waals surface area contributed by atoms with Crippen molar-refractivity contribution in [2.75, 3.05) is 26.7 Å². The number of sulfonamides is 1. The van der Waals surface area contributed by atoms with Gasteiger partial charge in [0.2, 0.25) is 10.0 Å². The molecule has 0 aliphatic carbocycles. The molecular weight excluding hydrogens is 248 g/mol. The third-order valence-corrected chi connectivity index (χ3v) is 4.20. The number of hydrogen-bond donors (Lipinski definition) is 1. The number of nitrogens with one attached hydrogen (secondary N) is 1. The number of hydrogen-bond acceptors (Lipinski definition) is 3. The van der Waals surface area contributed by atoms with Gasteiger partial charge in [0, 0.05) is 13.1 Å². The van der Waals surface area contributed by atoms with Gasteiger partial charge in [0.05, 0.1) is 4.90 Å². The molecular formula is C13H22N2O2S. The Morgan fingerprint density at radius 2 is 1.78 bits per heavy atom. The highest BCUT2D eigenvalue weighted by Gasteiger charge is 2.12. The first kappa shape index (κ1) is 15.1. The third kappa shape index (κ3) is 4.76. The molecule has 4 nitrogen and oxygen atoms in total. The summed E-state index contributed by atoms with van der Waals surface area (Å²) in [6, 6.07) is 6.87. The van der Waals surface area contributed by atoms with E-state index >= 15 is 0 Å². The molecule has 0 spiro atoms. The largest absolute Gasteiger partial charge is 0.305 e. The second-order valence-corrected chi connectivity index (χ2v) is 6.28. The fraction of sp³-hybridized carbons (Fsp3) is 0.538. The van der Waals surface area contributed by atoms with Gasteiger partial charge in [0.15, 0.2) is 0 Å². The van der Waals surface area contributed by atoms with Crippen molar-refractivity contribution < 1.29 is 8.42 Å². The third-order valence-electron chi connectivity index (χ3n) is 2.72. The smallest absolute Gasteiger partial charge is 0.240 e. The molecule has 0 aromatic heterocycles. The van der Waals surface area contributed by atoms with E-state index in [4.69, 9.17) is 0 Å². The van der Waals surface area contributed by atoms with Gasteiger partial charge in [-0.15, -0.1) is 0 Å². The molecule has 5 heteroatoms. The highest BCUT2D eigenvalue weighted by atomic mass is 32.2. The molecule has 1 aromatic rings. The molecule has 1 aromatic carbocycles. The van der Waals surface area contributed by atoms with Crippen molar-refractivity contribution in [3.8, 4) is 0 Å². The molecule has 0 amide bonds. The topological polar surface area (TPSA) is 49.4 Å². The SMILES string of the molecule is CCCN(C)CCNS(=O)(=O)c1ccc(C)cc1. The lowest BCUT2D eigenvalue weighted by Gasteiger charge is -2.15. The quantitative estimate of drug-likeness (QED) is 0.819. The molecule has 0 heterocycles. The number of benzene rings is 1. The Balaban J connectivity index is 2.52. The predicted octanol–water partition coefficient (Wildman–Crippen LogP) is 1.62. The zero-order valence-electron chi connectivity index (χ0n) is 11.3. The molecule has 0 radical (unpaired) electrons. The monoisotopic (exact) mass is 270 g/mol. The number of rotatable bonds is 7. The second kappa shape index (κ2) is 6.87. The predicted molar refractivity (Wildman–Crippen MR) is 74.2 cm³/mol. The van der Waals surface area contributed by atoms with Crippen molar-refractivity contribution >= 4 is 10.0 Å². The maximum Gasteiger partial charge on any atom is 0.240 e. The van der Waals surface area contributed by atoms with Crippen LogP contribution in [-0.2, 0) is 10.0 Å². The molecule has 0 saturated heterocycles. The molecule has 18 heavy (non-hydrogen) atoms. The van der Waals surface area contributed by atoms with Crippen LogP contribution < -0.4 is 4.72 Å². The molecule has 0 fully saturated rings. The maximum absolute atomic E-state index is 12.0. The van der Waals surface area contributed by atoms with Crippen LogP contribution in [0, 0.1) is 6.92 Å². The number of likely N-dealkylation sites (N-methyl/N-ethyl adjacent to an activating group) is 1. The average Bonchev–Trinajstić information content (AvgIpc) is 2.29. The summed E-state index contributed by atoms with van der Waals surface area (Å²) in [4.78, 5) is 2.43. The first-order chi connectivity index (χ1) is 8.45. The van der Waals surface area contributed by atoms with Gasteiger partial charge < -0.3 is 4.90 Å². The summed E-state index contributed by atoms with van der Waals surface area (Å²) in [5, 5.41) is 0. The molecule has 102 valence electrons. The van der Waals surface area contributed by atoms with Gasteiger partial charge in [-0.1, -0.05) is 24.6 Å². The van der Waals surface area contributed by atoms with Crippen LogP contribution in [0.3, 0.4) is 0 Å². The molecule has 1 rings (SSSR count). The summed E-state index contributed by atoms with van der Waals surface area (Å²) in [7, 11) is -1.37. The van der Waals surface area contributed by atoms with Crippen molar-refractivity contribution in [3.05, 3.63) is 29.8 Å². The Bertz CT molecular complexity index is 454. The molecule has 0 aliphatic rings. The van der Waals surface area contributed by atoms with E-state index in [9.17, 15) is 8.42 Å². The zero-order valence-corrected chi connectivity index (χ0v) is 12.1. The summed E-state index contributed by atoms with van der Waals surface area (Å²) < 4.78 is 26.5. The van der Waals surface area contributed by atoms with E-state index in [0.717, 1.165) is 25.1 Å². The van der Waals surface area contributed by atoms with Crippen LogP contribution in [0.4, 0.5) is 0 Å². The van der Waals surface area contributed by atoms with Gasteiger partial charge in [-0.3, -0.25) is 0 Å². The zero-order chi connectivity index (χ0) is 13.6. The van der Waals surface area contributed by atoms with Crippen molar-refractivity contribution in [2.45, 2.75) is 25.2 Å². The van der Waals surface area contributed by atoms with Crippen LogP contribution in [0.25, 0.3) is 0 Å².